The van der Waals surface area contributed by atoms with Gasteiger partial charge in [-0.15, -0.1) is 10.2 Å². The van der Waals surface area contributed by atoms with E-state index in [9.17, 15) is 21.6 Å². The first-order chi connectivity index (χ1) is 16.0. The number of aromatic nitrogens is 7. The SMILES string of the molecule is CCS(=O)(=O)c1cc(-c2ncc(Cl)cn2)cnc1-c1nnc(-c2cc(C(F)(F)F)ccn2)n1C. The molecule has 14 heteroatoms. The van der Waals surface area contributed by atoms with Crippen LogP contribution < -0.4 is 0 Å². The fourth-order valence-electron chi connectivity index (χ4n) is 3.08. The number of nitrogens with zero attached hydrogens (tertiary/aromatic N) is 7. The third-order valence-corrected chi connectivity index (χ3v) is 6.79. The zero-order valence-corrected chi connectivity index (χ0v) is 19.2. The molecule has 4 aromatic heterocycles. The molecule has 0 aliphatic heterocycles. The van der Waals surface area contributed by atoms with Crippen LogP contribution in [0, 0.1) is 0 Å². The van der Waals surface area contributed by atoms with Crippen LogP contribution in [0.2, 0.25) is 5.02 Å². The average Bonchev–Trinajstić information content (AvgIpc) is 3.20. The molecule has 0 saturated carbocycles. The quantitative estimate of drug-likeness (QED) is 0.398. The Kier molecular flexibility index (Phi) is 6.08. The van der Waals surface area contributed by atoms with Crippen LogP contribution in [-0.2, 0) is 23.1 Å². The summed E-state index contributed by atoms with van der Waals surface area (Å²) in [7, 11) is -2.32. The van der Waals surface area contributed by atoms with Crippen molar-refractivity contribution >= 4 is 21.4 Å². The fourth-order valence-corrected chi connectivity index (χ4v) is 4.23. The van der Waals surface area contributed by atoms with E-state index in [1.165, 1.54) is 43.2 Å². The monoisotopic (exact) mass is 509 g/mol. The molecule has 0 spiro atoms. The van der Waals surface area contributed by atoms with E-state index in [1.54, 1.807) is 0 Å². The van der Waals surface area contributed by atoms with Crippen molar-refractivity contribution in [3.63, 3.8) is 0 Å². The first-order valence-electron chi connectivity index (χ1n) is 9.65. The highest BCUT2D eigenvalue weighted by Gasteiger charge is 2.31. The minimum absolute atomic E-state index is 0.00728. The van der Waals surface area contributed by atoms with Crippen molar-refractivity contribution in [2.45, 2.75) is 18.0 Å². The molecule has 0 saturated heterocycles. The number of sulfone groups is 1. The Bertz CT molecular complexity index is 1470. The number of halogens is 4. The lowest BCUT2D eigenvalue weighted by Crippen LogP contribution is -2.10. The molecule has 0 aliphatic rings. The van der Waals surface area contributed by atoms with E-state index < -0.39 is 21.6 Å². The van der Waals surface area contributed by atoms with Crippen molar-refractivity contribution in [2.24, 2.45) is 7.05 Å². The Morgan fingerprint density at radius 2 is 1.68 bits per heavy atom. The Labute approximate surface area is 196 Å². The van der Waals surface area contributed by atoms with Crippen LogP contribution in [0.1, 0.15) is 12.5 Å². The highest BCUT2D eigenvalue weighted by Crippen LogP contribution is 2.33. The number of hydrogen-bond acceptors (Lipinski definition) is 8. The van der Waals surface area contributed by atoms with Crippen molar-refractivity contribution in [3.05, 3.63) is 53.6 Å². The van der Waals surface area contributed by atoms with Crippen LogP contribution in [-0.4, -0.2) is 48.9 Å². The van der Waals surface area contributed by atoms with Crippen LogP contribution in [0.25, 0.3) is 34.4 Å². The van der Waals surface area contributed by atoms with Gasteiger partial charge in [0.1, 0.15) is 11.4 Å². The normalized spacial score (nSPS) is 12.2. The van der Waals surface area contributed by atoms with Crippen LogP contribution in [0.15, 0.2) is 47.9 Å². The molecule has 4 rings (SSSR count). The molecule has 0 bridgehead atoms. The summed E-state index contributed by atoms with van der Waals surface area (Å²) >= 11 is 5.81. The maximum Gasteiger partial charge on any atom is 0.416 e. The summed E-state index contributed by atoms with van der Waals surface area (Å²) in [6.45, 7) is 1.47. The van der Waals surface area contributed by atoms with Gasteiger partial charge in [0.05, 0.1) is 21.2 Å². The first kappa shape index (κ1) is 23.7. The third-order valence-electron chi connectivity index (χ3n) is 4.85. The highest BCUT2D eigenvalue weighted by atomic mass is 35.5. The second kappa shape index (κ2) is 8.72. The summed E-state index contributed by atoms with van der Waals surface area (Å²) in [6, 6.07) is 3.04. The lowest BCUT2D eigenvalue weighted by atomic mass is 10.2. The van der Waals surface area contributed by atoms with Crippen molar-refractivity contribution < 1.29 is 21.6 Å². The number of rotatable bonds is 5. The third kappa shape index (κ3) is 4.48. The van der Waals surface area contributed by atoms with Gasteiger partial charge in [-0.25, -0.2) is 18.4 Å². The van der Waals surface area contributed by atoms with Crippen molar-refractivity contribution in [2.75, 3.05) is 5.75 Å². The summed E-state index contributed by atoms with van der Waals surface area (Å²) in [4.78, 5) is 16.2. The van der Waals surface area contributed by atoms with Crippen LogP contribution in [0.5, 0.6) is 0 Å². The average molecular weight is 510 g/mol. The van der Waals surface area contributed by atoms with E-state index in [-0.39, 0.29) is 39.5 Å². The van der Waals surface area contributed by atoms with Gasteiger partial charge < -0.3 is 4.57 Å². The van der Waals surface area contributed by atoms with E-state index in [1.807, 2.05) is 0 Å². The maximum absolute atomic E-state index is 13.1. The topological polar surface area (TPSA) is 116 Å². The Morgan fingerprint density at radius 1 is 1.00 bits per heavy atom. The molecule has 34 heavy (non-hydrogen) atoms. The molecule has 0 radical (unpaired) electrons. The fraction of sp³-hybridized carbons (Fsp3) is 0.200. The number of pyridine rings is 2. The number of hydrogen-bond donors (Lipinski definition) is 0. The standard InChI is InChI=1S/C20H15ClF3N7O2S/c1-3-34(32,33)15-6-11(17-27-9-13(21)10-28-17)8-26-16(15)19-30-29-18(31(19)2)14-7-12(4-5-25-14)20(22,23)24/h4-10H,3H2,1-2H3. The smallest absolute Gasteiger partial charge is 0.307 e. The predicted octanol–water partition coefficient (Wildman–Crippen LogP) is 3.86. The predicted molar refractivity (Wildman–Crippen MR) is 116 cm³/mol. The molecular formula is C20H15ClF3N7O2S. The van der Waals surface area contributed by atoms with Crippen LogP contribution in [0.4, 0.5) is 13.2 Å². The molecule has 0 N–H and O–H groups in total. The molecule has 0 atom stereocenters. The zero-order valence-electron chi connectivity index (χ0n) is 17.6. The molecule has 176 valence electrons. The molecule has 0 unspecified atom stereocenters. The lowest BCUT2D eigenvalue weighted by Gasteiger charge is -2.11. The van der Waals surface area contributed by atoms with Gasteiger partial charge in [0, 0.05) is 37.4 Å². The molecule has 9 nitrogen and oxygen atoms in total. The van der Waals surface area contributed by atoms with Crippen LogP contribution >= 0.6 is 11.6 Å². The molecule has 0 aliphatic carbocycles. The van der Waals surface area contributed by atoms with Crippen molar-refractivity contribution in [3.8, 4) is 34.4 Å². The van der Waals surface area contributed by atoms with Gasteiger partial charge in [0.15, 0.2) is 27.3 Å². The summed E-state index contributed by atoms with van der Waals surface area (Å²) in [5, 5.41) is 8.24. The Morgan fingerprint density at radius 3 is 2.32 bits per heavy atom. The molecular weight excluding hydrogens is 495 g/mol. The molecule has 0 fully saturated rings. The summed E-state index contributed by atoms with van der Waals surface area (Å²) in [5.74, 6) is 0.0208. The Hall–Kier alpha value is -3.45. The van der Waals surface area contributed by atoms with Crippen molar-refractivity contribution in [1.29, 1.82) is 0 Å². The lowest BCUT2D eigenvalue weighted by molar-refractivity contribution is -0.137. The van der Waals surface area contributed by atoms with Crippen molar-refractivity contribution in [1.82, 2.24) is 34.7 Å². The second-order valence-corrected chi connectivity index (χ2v) is 9.72. The number of alkyl halides is 3. The summed E-state index contributed by atoms with van der Waals surface area (Å²) < 4.78 is 66.4. The molecule has 0 aromatic carbocycles. The zero-order chi connectivity index (χ0) is 24.7. The van der Waals surface area contributed by atoms with Gasteiger partial charge in [-0.2, -0.15) is 13.2 Å². The second-order valence-electron chi connectivity index (χ2n) is 7.03. The van der Waals surface area contributed by atoms with Gasteiger partial charge in [0.2, 0.25) is 0 Å². The summed E-state index contributed by atoms with van der Waals surface area (Å²) in [5.41, 5.74) is -0.675. The van der Waals surface area contributed by atoms with Gasteiger partial charge in [-0.1, -0.05) is 18.5 Å². The van der Waals surface area contributed by atoms with E-state index in [0.717, 1.165) is 18.3 Å². The molecule has 4 aromatic rings. The minimum atomic E-state index is -4.57. The largest absolute Gasteiger partial charge is 0.416 e. The van der Waals surface area contributed by atoms with E-state index >= 15 is 0 Å². The van der Waals surface area contributed by atoms with E-state index in [0.29, 0.717) is 10.6 Å². The molecule has 4 heterocycles. The molecule has 0 amide bonds. The van der Waals surface area contributed by atoms with Gasteiger partial charge in [-0.05, 0) is 18.2 Å². The Balaban J connectivity index is 1.85. The maximum atomic E-state index is 13.1. The van der Waals surface area contributed by atoms with Crippen LogP contribution in [0.3, 0.4) is 0 Å². The first-order valence-corrected chi connectivity index (χ1v) is 11.7. The van der Waals surface area contributed by atoms with Gasteiger partial charge in [0.25, 0.3) is 0 Å². The minimum Gasteiger partial charge on any atom is -0.307 e. The van der Waals surface area contributed by atoms with E-state index in [4.69, 9.17) is 11.6 Å². The van der Waals surface area contributed by atoms with Gasteiger partial charge >= 0.3 is 6.18 Å². The van der Waals surface area contributed by atoms with E-state index in [2.05, 4.69) is 30.1 Å². The highest BCUT2D eigenvalue weighted by molar-refractivity contribution is 7.91. The van der Waals surface area contributed by atoms with Gasteiger partial charge in [-0.3, -0.25) is 9.97 Å². The summed E-state index contributed by atoms with van der Waals surface area (Å²) in [6.07, 6.45) is 0.539.